The number of carbonyl (C=O) groups excluding carboxylic acids is 1. The van der Waals surface area contributed by atoms with Crippen molar-refractivity contribution in [1.82, 2.24) is 19.9 Å². The summed E-state index contributed by atoms with van der Waals surface area (Å²) in [4.78, 5) is 21.5. The minimum absolute atomic E-state index is 0.296. The number of anilines is 1. The molecule has 29 heavy (non-hydrogen) atoms. The van der Waals surface area contributed by atoms with Gasteiger partial charge in [0, 0.05) is 24.8 Å². The number of aromatic nitrogens is 3. The molecular weight excluding hydrogens is 366 g/mol. The average Bonchev–Trinajstić information content (AvgIpc) is 3.13. The van der Waals surface area contributed by atoms with Gasteiger partial charge >= 0.3 is 6.03 Å². The molecule has 0 aliphatic heterocycles. The van der Waals surface area contributed by atoms with E-state index in [1.54, 1.807) is 25.4 Å². The number of pyridine rings is 1. The lowest BCUT2D eigenvalue weighted by atomic mass is 10.3. The molecule has 0 spiro atoms. The van der Waals surface area contributed by atoms with Gasteiger partial charge in [0.05, 0.1) is 12.8 Å². The molecule has 0 saturated carbocycles. The zero-order valence-corrected chi connectivity index (χ0v) is 16.0. The van der Waals surface area contributed by atoms with Gasteiger partial charge in [-0.15, -0.1) is 0 Å². The van der Waals surface area contributed by atoms with Crippen LogP contribution in [0.5, 0.6) is 5.75 Å². The summed E-state index contributed by atoms with van der Waals surface area (Å²) in [6.45, 7) is 0.428. The van der Waals surface area contributed by atoms with Crippen LogP contribution < -0.4 is 15.4 Å². The van der Waals surface area contributed by atoms with Gasteiger partial charge in [0.25, 0.3) is 0 Å². The van der Waals surface area contributed by atoms with Crippen LogP contribution in [0.3, 0.4) is 0 Å². The normalized spacial score (nSPS) is 10.7. The second kappa shape index (κ2) is 8.43. The quantitative estimate of drug-likeness (QED) is 0.527. The number of nitrogens with zero attached hydrogens (tertiary/aromatic N) is 3. The molecule has 146 valence electrons. The maximum absolute atomic E-state index is 12.3. The Morgan fingerprint density at radius 2 is 1.83 bits per heavy atom. The molecule has 0 atom stereocenters. The Bertz CT molecular complexity index is 1120. The number of benzene rings is 2. The van der Waals surface area contributed by atoms with E-state index in [1.165, 1.54) is 0 Å². The van der Waals surface area contributed by atoms with Gasteiger partial charge in [-0.1, -0.05) is 30.3 Å². The van der Waals surface area contributed by atoms with Gasteiger partial charge < -0.3 is 15.4 Å². The molecule has 2 aromatic heterocycles. The third kappa shape index (κ3) is 4.03. The van der Waals surface area contributed by atoms with E-state index in [0.29, 0.717) is 24.4 Å². The van der Waals surface area contributed by atoms with Gasteiger partial charge in [-0.2, -0.15) is 0 Å². The standard InChI is InChI=1S/C22H21N5O2/c1-29-19-12-6-5-10-17(19)26-22(28)24-15-13-20-25-18-11-7-14-23-21(18)27(20)16-8-3-2-4-9-16/h2-12,14H,13,15H2,1H3,(H2,24,26,28). The Morgan fingerprint density at radius 3 is 2.66 bits per heavy atom. The van der Waals surface area contributed by atoms with E-state index in [1.807, 2.05) is 59.2 Å². The number of hydrogen-bond acceptors (Lipinski definition) is 4. The first-order valence-corrected chi connectivity index (χ1v) is 9.32. The lowest BCUT2D eigenvalue weighted by molar-refractivity contribution is 0.252. The van der Waals surface area contributed by atoms with Crippen LogP contribution in [0.4, 0.5) is 10.5 Å². The molecule has 2 N–H and O–H groups in total. The first kappa shape index (κ1) is 18.5. The maximum atomic E-state index is 12.3. The van der Waals surface area contributed by atoms with Crippen LogP contribution in [-0.2, 0) is 6.42 Å². The molecule has 0 saturated heterocycles. The van der Waals surface area contributed by atoms with Crippen LogP contribution in [0.2, 0.25) is 0 Å². The number of carbonyl (C=O) groups is 1. The molecule has 4 rings (SSSR count). The minimum atomic E-state index is -0.296. The Morgan fingerprint density at radius 1 is 1.03 bits per heavy atom. The lowest BCUT2D eigenvalue weighted by Crippen LogP contribution is -2.31. The fraction of sp³-hybridized carbons (Fsp3) is 0.136. The highest BCUT2D eigenvalue weighted by atomic mass is 16.5. The molecule has 2 heterocycles. The Labute approximate surface area is 168 Å². The summed E-state index contributed by atoms with van der Waals surface area (Å²) in [5, 5.41) is 5.68. The van der Waals surface area contributed by atoms with Crippen LogP contribution >= 0.6 is 0 Å². The summed E-state index contributed by atoms with van der Waals surface area (Å²) in [5.74, 6) is 1.45. The fourth-order valence-corrected chi connectivity index (χ4v) is 3.18. The number of urea groups is 1. The number of nitrogens with one attached hydrogen (secondary N) is 2. The molecule has 4 aromatic rings. The first-order chi connectivity index (χ1) is 14.3. The van der Waals surface area contributed by atoms with E-state index in [-0.39, 0.29) is 6.03 Å². The van der Waals surface area contributed by atoms with Gasteiger partial charge in [0.15, 0.2) is 5.65 Å². The summed E-state index contributed by atoms with van der Waals surface area (Å²) in [7, 11) is 1.57. The zero-order valence-electron chi connectivity index (χ0n) is 16.0. The lowest BCUT2D eigenvalue weighted by Gasteiger charge is -2.11. The summed E-state index contributed by atoms with van der Waals surface area (Å²) in [6, 6.07) is 20.7. The zero-order chi connectivity index (χ0) is 20.1. The average molecular weight is 387 g/mol. The second-order valence-corrected chi connectivity index (χ2v) is 6.38. The Balaban J connectivity index is 1.48. The molecule has 7 nitrogen and oxygen atoms in total. The minimum Gasteiger partial charge on any atom is -0.495 e. The number of ether oxygens (including phenoxy) is 1. The van der Waals surface area contributed by atoms with Crippen molar-refractivity contribution < 1.29 is 9.53 Å². The number of fused-ring (bicyclic) bond motifs is 1. The van der Waals surface area contributed by atoms with Gasteiger partial charge in [-0.25, -0.2) is 14.8 Å². The van der Waals surface area contributed by atoms with Crippen LogP contribution in [-0.4, -0.2) is 34.2 Å². The summed E-state index contributed by atoms with van der Waals surface area (Å²) in [5.41, 5.74) is 3.23. The highest BCUT2D eigenvalue weighted by Gasteiger charge is 2.13. The molecular formula is C22H21N5O2. The van der Waals surface area contributed by atoms with Crippen molar-refractivity contribution in [3.63, 3.8) is 0 Å². The number of methoxy groups -OCH3 is 1. The number of para-hydroxylation sites is 3. The largest absolute Gasteiger partial charge is 0.495 e. The Hall–Kier alpha value is -3.87. The molecule has 0 bridgehead atoms. The highest BCUT2D eigenvalue weighted by molar-refractivity contribution is 5.90. The van der Waals surface area contributed by atoms with Crippen LogP contribution in [0.15, 0.2) is 72.9 Å². The van der Waals surface area contributed by atoms with Crippen molar-refractivity contribution in [2.24, 2.45) is 0 Å². The van der Waals surface area contributed by atoms with E-state index in [0.717, 1.165) is 22.7 Å². The monoisotopic (exact) mass is 387 g/mol. The van der Waals surface area contributed by atoms with E-state index in [2.05, 4.69) is 15.6 Å². The van der Waals surface area contributed by atoms with E-state index >= 15 is 0 Å². The van der Waals surface area contributed by atoms with E-state index in [9.17, 15) is 4.79 Å². The first-order valence-electron chi connectivity index (χ1n) is 9.32. The van der Waals surface area contributed by atoms with Crippen molar-refractivity contribution in [3.05, 3.63) is 78.8 Å². The predicted molar refractivity (Wildman–Crippen MR) is 113 cm³/mol. The molecule has 0 aliphatic carbocycles. The summed E-state index contributed by atoms with van der Waals surface area (Å²) < 4.78 is 7.28. The second-order valence-electron chi connectivity index (χ2n) is 6.38. The van der Waals surface area contributed by atoms with Crippen molar-refractivity contribution >= 4 is 22.9 Å². The smallest absolute Gasteiger partial charge is 0.319 e. The van der Waals surface area contributed by atoms with Gasteiger partial charge in [-0.05, 0) is 36.4 Å². The summed E-state index contributed by atoms with van der Waals surface area (Å²) in [6.07, 6.45) is 2.32. The molecule has 0 radical (unpaired) electrons. The SMILES string of the molecule is COc1ccccc1NC(=O)NCCc1nc2cccnc2n1-c1ccccc1. The van der Waals surface area contributed by atoms with Crippen LogP contribution in [0.25, 0.3) is 16.9 Å². The van der Waals surface area contributed by atoms with Gasteiger partial charge in [0.2, 0.25) is 0 Å². The number of imidazole rings is 1. The predicted octanol–water partition coefficient (Wildman–Crippen LogP) is 3.79. The molecule has 7 heteroatoms. The molecule has 0 fully saturated rings. The van der Waals surface area contributed by atoms with Crippen molar-refractivity contribution in [1.29, 1.82) is 0 Å². The number of hydrogen-bond donors (Lipinski definition) is 2. The topological polar surface area (TPSA) is 81.1 Å². The molecule has 2 aromatic carbocycles. The van der Waals surface area contributed by atoms with Crippen LogP contribution in [0, 0.1) is 0 Å². The highest BCUT2D eigenvalue weighted by Crippen LogP contribution is 2.23. The van der Waals surface area contributed by atoms with E-state index < -0.39 is 0 Å². The van der Waals surface area contributed by atoms with Gasteiger partial charge in [-0.3, -0.25) is 4.57 Å². The van der Waals surface area contributed by atoms with E-state index in [4.69, 9.17) is 9.72 Å². The van der Waals surface area contributed by atoms with Crippen molar-refractivity contribution in [3.8, 4) is 11.4 Å². The number of rotatable bonds is 6. The number of amides is 2. The van der Waals surface area contributed by atoms with Gasteiger partial charge in [0.1, 0.15) is 17.1 Å². The fourth-order valence-electron chi connectivity index (χ4n) is 3.18. The third-order valence-corrected chi connectivity index (χ3v) is 4.49. The third-order valence-electron chi connectivity index (χ3n) is 4.49. The maximum Gasteiger partial charge on any atom is 0.319 e. The molecule has 2 amide bonds. The van der Waals surface area contributed by atoms with Crippen molar-refractivity contribution in [2.75, 3.05) is 19.0 Å². The van der Waals surface area contributed by atoms with Crippen LogP contribution in [0.1, 0.15) is 5.82 Å². The van der Waals surface area contributed by atoms with Crippen molar-refractivity contribution in [2.45, 2.75) is 6.42 Å². The molecule has 0 aliphatic rings. The molecule has 0 unspecified atom stereocenters. The summed E-state index contributed by atoms with van der Waals surface area (Å²) >= 11 is 0. The Kier molecular flexibility index (Phi) is 5.38.